The minimum atomic E-state index is -5.14. The number of rotatable bonds is 0. The van der Waals surface area contributed by atoms with Gasteiger partial charge in [-0.3, -0.25) is 0 Å². The Balaban J connectivity index is -0.00000000381. The smallest absolute Gasteiger partial charge is 0.0557 e. The van der Waals surface area contributed by atoms with Gasteiger partial charge in [-0.2, -0.15) is 0 Å². The van der Waals surface area contributed by atoms with Crippen LogP contribution in [0.4, 0.5) is 0 Å². The van der Waals surface area contributed by atoms with E-state index in [9.17, 15) is 0 Å². The van der Waals surface area contributed by atoms with Crippen molar-refractivity contribution in [3.05, 3.63) is 0 Å². The summed E-state index contributed by atoms with van der Waals surface area (Å²) in [5.74, 6) is 0. The molecule has 0 fully saturated rings. The van der Waals surface area contributed by atoms with Crippen molar-refractivity contribution in [1.29, 1.82) is 0 Å². The molecule has 0 amide bonds. The Hall–Kier alpha value is 0.922. The van der Waals surface area contributed by atoms with Crippen molar-refractivity contribution >= 4 is 7.82 Å². The van der Waals surface area contributed by atoms with Crippen molar-refractivity contribution in [3.8, 4) is 0 Å². The van der Waals surface area contributed by atoms with E-state index in [-0.39, 0.29) is 64.0 Å². The summed E-state index contributed by atoms with van der Waals surface area (Å²) in [6.45, 7) is 0. The second-order valence-electron chi connectivity index (χ2n) is 0.469. The van der Waals surface area contributed by atoms with E-state index < -0.39 is 7.82 Å². The second kappa shape index (κ2) is 29.7. The predicted octanol–water partition coefficient (Wildman–Crippen LogP) is -5.73. The van der Waals surface area contributed by atoms with Gasteiger partial charge in [0.2, 0.25) is 0 Å². The average molecular weight is 438 g/mol. The van der Waals surface area contributed by atoms with Crippen LogP contribution in [-0.2, 0) is 15.5 Å². The van der Waals surface area contributed by atoms with Crippen LogP contribution in [-0.4, -0.2) is 26.8 Å². The Kier molecular flexibility index (Phi) is 188. The SMILES string of the molecule is O.O.O.O.O=P([O-])([O-])O.[O-2].[O-2].[U]. The zero-order chi connectivity index (χ0) is 4.50. The van der Waals surface area contributed by atoms with Gasteiger partial charge < -0.3 is 52.1 Å². The topological polar surface area (TPSA) is 266 Å². The first-order valence-electron chi connectivity index (χ1n) is 0.748. The molecule has 0 spiro atoms. The summed E-state index contributed by atoms with van der Waals surface area (Å²) in [5, 5.41) is 0. The molecule has 0 aromatic rings. The van der Waals surface area contributed by atoms with Crippen molar-refractivity contribution in [2.75, 3.05) is 0 Å². The van der Waals surface area contributed by atoms with Gasteiger partial charge in [-0.15, -0.1) is 0 Å². The van der Waals surface area contributed by atoms with Crippen LogP contribution in [0.15, 0.2) is 0 Å². The fraction of sp³-hybridized carbons (Fsp3) is 0. The standard InChI is InChI=1S/H3O4P.4H2O.2O.U/c1-5(2,3)4;;;;;;;/h(H3,1,2,3,4);4*1H2;;;/q;;;;;2*-2;/p-2. The molecule has 10 nitrogen and oxygen atoms in total. The monoisotopic (exact) mass is 438 g/mol. The first-order chi connectivity index (χ1) is 2.00. The fourth-order valence-electron chi connectivity index (χ4n) is 0. The predicted molar refractivity (Wildman–Crippen MR) is 25.7 cm³/mol. The minimum absolute atomic E-state index is 0. The van der Waals surface area contributed by atoms with Gasteiger partial charge in [0.25, 0.3) is 0 Å². The van der Waals surface area contributed by atoms with Gasteiger partial charge in [0.1, 0.15) is 0 Å². The van der Waals surface area contributed by atoms with Crippen LogP contribution in [0.5, 0.6) is 0 Å². The van der Waals surface area contributed by atoms with Crippen molar-refractivity contribution in [3.63, 3.8) is 0 Å². The van der Waals surface area contributed by atoms with Gasteiger partial charge in [0.15, 0.2) is 0 Å². The van der Waals surface area contributed by atoms with E-state index in [4.69, 9.17) is 19.2 Å². The van der Waals surface area contributed by atoms with Crippen LogP contribution in [0.25, 0.3) is 0 Å². The molecule has 0 aliphatic heterocycles. The molecule has 0 unspecified atom stereocenters. The maximum atomic E-state index is 8.66. The van der Waals surface area contributed by atoms with E-state index in [1.165, 1.54) is 0 Å². The van der Waals surface area contributed by atoms with E-state index in [0.717, 1.165) is 0 Å². The van der Waals surface area contributed by atoms with E-state index >= 15 is 0 Å². The molecular formula is H9O10PU-6. The van der Waals surface area contributed by atoms with Crippen LogP contribution in [0, 0.1) is 31.1 Å². The normalized spacial score (nSPS) is 4.92. The molecule has 12 heteroatoms. The molecule has 0 rings (SSSR count). The Morgan fingerprint density at radius 3 is 0.917 bits per heavy atom. The minimum Gasteiger partial charge on any atom is -2.00 e. The van der Waals surface area contributed by atoms with Gasteiger partial charge in [0.05, 0.1) is 7.82 Å². The quantitative estimate of drug-likeness (QED) is 0.362. The Labute approximate surface area is 91.1 Å². The average Bonchev–Trinajstić information content (AvgIpc) is 0.722. The molecule has 84 valence electrons. The van der Waals surface area contributed by atoms with Crippen LogP contribution in [0.2, 0.25) is 0 Å². The summed E-state index contributed by atoms with van der Waals surface area (Å²) in [6, 6.07) is 0. The maximum Gasteiger partial charge on any atom is 0.0557 e. The molecule has 0 atom stereocenters. The molecule has 0 saturated heterocycles. The maximum absolute atomic E-state index is 8.66. The molecule has 0 aromatic carbocycles. The molecule has 0 bridgehead atoms. The van der Waals surface area contributed by atoms with E-state index in [1.54, 1.807) is 0 Å². The number of hydrogen-bond donors (Lipinski definition) is 1. The first-order valence-corrected chi connectivity index (χ1v) is 2.24. The van der Waals surface area contributed by atoms with Gasteiger partial charge in [-0.1, -0.05) is 0 Å². The summed E-state index contributed by atoms with van der Waals surface area (Å²) in [7, 11) is -5.14. The van der Waals surface area contributed by atoms with Crippen molar-refractivity contribution < 1.29 is 83.2 Å². The first kappa shape index (κ1) is 75.8. The third kappa shape index (κ3) is 1260. The zero-order valence-corrected chi connectivity index (χ0v) is 10.5. The molecule has 0 aromatic heterocycles. The van der Waals surface area contributed by atoms with Gasteiger partial charge in [-0.25, -0.2) is 0 Å². The molecule has 0 aliphatic carbocycles. The van der Waals surface area contributed by atoms with Gasteiger partial charge in [-0.05, 0) is 0 Å². The van der Waals surface area contributed by atoms with E-state index in [2.05, 4.69) is 0 Å². The summed E-state index contributed by atoms with van der Waals surface area (Å²) in [5.41, 5.74) is 0. The van der Waals surface area contributed by atoms with E-state index in [1.807, 2.05) is 0 Å². The van der Waals surface area contributed by atoms with Gasteiger partial charge in [0, 0.05) is 31.1 Å². The van der Waals surface area contributed by atoms with Crippen molar-refractivity contribution in [2.24, 2.45) is 0 Å². The van der Waals surface area contributed by atoms with Crippen LogP contribution in [0.3, 0.4) is 0 Å². The summed E-state index contributed by atoms with van der Waals surface area (Å²) >= 11 is 0. The summed E-state index contributed by atoms with van der Waals surface area (Å²) < 4.78 is 8.66. The Morgan fingerprint density at radius 1 is 0.917 bits per heavy atom. The Morgan fingerprint density at radius 2 is 0.917 bits per heavy atom. The summed E-state index contributed by atoms with van der Waals surface area (Å²) in [4.78, 5) is 24.3. The van der Waals surface area contributed by atoms with Crippen molar-refractivity contribution in [1.82, 2.24) is 0 Å². The largest absolute Gasteiger partial charge is 2.00 e. The molecule has 0 aliphatic rings. The molecule has 0 heterocycles. The zero-order valence-electron chi connectivity index (χ0n) is 5.44. The third-order valence-electron chi connectivity index (χ3n) is 0. The molecule has 0 radical (unpaired) electrons. The second-order valence-corrected chi connectivity index (χ2v) is 1.41. The molecular weight excluding hydrogens is 429 g/mol. The molecule has 0 saturated carbocycles. The Bertz CT molecular complexity index is 56.0. The van der Waals surface area contributed by atoms with Crippen LogP contribution >= 0.6 is 7.82 Å². The van der Waals surface area contributed by atoms with Crippen LogP contribution < -0.4 is 9.79 Å². The number of phosphoric acid groups is 1. The van der Waals surface area contributed by atoms with Crippen LogP contribution in [0.1, 0.15) is 0 Å². The molecule has 9 N–H and O–H groups in total. The van der Waals surface area contributed by atoms with Crippen molar-refractivity contribution in [2.45, 2.75) is 0 Å². The number of hydrogen-bond acceptors (Lipinski definition) is 3. The van der Waals surface area contributed by atoms with Gasteiger partial charge >= 0.3 is 0 Å². The third-order valence-corrected chi connectivity index (χ3v) is 0. The summed E-state index contributed by atoms with van der Waals surface area (Å²) in [6.07, 6.45) is 0. The van der Waals surface area contributed by atoms with E-state index in [0.29, 0.717) is 0 Å². The fourth-order valence-corrected chi connectivity index (χ4v) is 0. The molecule has 12 heavy (non-hydrogen) atoms.